The van der Waals surface area contributed by atoms with Crippen LogP contribution in [0.1, 0.15) is 24.2 Å². The van der Waals surface area contributed by atoms with E-state index >= 15 is 0 Å². The van der Waals surface area contributed by atoms with Crippen molar-refractivity contribution in [2.24, 2.45) is 0 Å². The van der Waals surface area contributed by atoms with Crippen LogP contribution in [0.2, 0.25) is 0 Å². The highest BCUT2D eigenvalue weighted by Gasteiger charge is 2.44. The van der Waals surface area contributed by atoms with Crippen molar-refractivity contribution in [1.29, 1.82) is 0 Å². The topological polar surface area (TPSA) is 43.1 Å². The minimum absolute atomic E-state index is 0.0263. The van der Waals surface area contributed by atoms with Crippen molar-refractivity contribution in [2.75, 3.05) is 0 Å². The Hall–Kier alpha value is -1.52. The summed E-state index contributed by atoms with van der Waals surface area (Å²) in [5.41, 5.74) is -1.53. The quantitative estimate of drug-likeness (QED) is 0.531. The zero-order chi connectivity index (χ0) is 11.2. The van der Waals surface area contributed by atoms with Gasteiger partial charge in [0.1, 0.15) is 5.67 Å². The predicted octanol–water partition coefficient (Wildman–Crippen LogP) is 2.89. The molecular formula is C10H9F2NO2. The summed E-state index contributed by atoms with van der Waals surface area (Å²) in [4.78, 5) is 9.85. The Morgan fingerprint density at radius 2 is 2.27 bits per heavy atom. The van der Waals surface area contributed by atoms with Crippen LogP contribution in [-0.2, 0) is 6.42 Å². The number of alkyl halides is 2. The minimum Gasteiger partial charge on any atom is -0.258 e. The zero-order valence-corrected chi connectivity index (χ0v) is 8.04. The summed E-state index contributed by atoms with van der Waals surface area (Å²) in [6, 6.07) is 3.81. The lowest BCUT2D eigenvalue weighted by Gasteiger charge is -2.14. The normalized spacial score (nSPS) is 28.9. The van der Waals surface area contributed by atoms with Gasteiger partial charge in [-0.25, -0.2) is 8.78 Å². The van der Waals surface area contributed by atoms with Gasteiger partial charge in [-0.3, -0.25) is 10.1 Å². The van der Waals surface area contributed by atoms with E-state index in [4.69, 9.17) is 0 Å². The summed E-state index contributed by atoms with van der Waals surface area (Å²) in [7, 11) is 0. The van der Waals surface area contributed by atoms with Crippen LogP contribution in [0.15, 0.2) is 18.2 Å². The van der Waals surface area contributed by atoms with Gasteiger partial charge in [-0.05, 0) is 18.1 Å². The van der Waals surface area contributed by atoms with Crippen LogP contribution >= 0.6 is 0 Å². The molecule has 2 rings (SSSR count). The lowest BCUT2D eigenvalue weighted by atomic mass is 10.0. The third-order valence-electron chi connectivity index (χ3n) is 2.68. The number of hydrogen-bond donors (Lipinski definition) is 0. The Bertz CT molecular complexity index is 431. The van der Waals surface area contributed by atoms with Gasteiger partial charge in [-0.2, -0.15) is 0 Å². The summed E-state index contributed by atoms with van der Waals surface area (Å²) in [6.45, 7) is 1.17. The summed E-state index contributed by atoms with van der Waals surface area (Å²) in [6.07, 6.45) is -1.80. The summed E-state index contributed by atoms with van der Waals surface area (Å²) < 4.78 is 27.1. The van der Waals surface area contributed by atoms with Crippen molar-refractivity contribution in [1.82, 2.24) is 0 Å². The second kappa shape index (κ2) is 2.98. The van der Waals surface area contributed by atoms with Gasteiger partial charge in [0.05, 0.1) is 4.92 Å². The molecule has 0 aromatic heterocycles. The summed E-state index contributed by atoms with van der Waals surface area (Å²) >= 11 is 0. The highest BCUT2D eigenvalue weighted by Crippen LogP contribution is 2.45. The Kier molecular flexibility index (Phi) is 1.99. The van der Waals surface area contributed by atoms with E-state index in [9.17, 15) is 18.9 Å². The molecule has 2 atom stereocenters. The highest BCUT2D eigenvalue weighted by atomic mass is 19.2. The molecule has 0 spiro atoms. The molecule has 0 bridgehead atoms. The maximum Gasteiger partial charge on any atom is 0.269 e. The summed E-state index contributed by atoms with van der Waals surface area (Å²) in [5, 5.41) is 10.5. The molecule has 15 heavy (non-hydrogen) atoms. The monoisotopic (exact) mass is 213 g/mol. The fourth-order valence-electron chi connectivity index (χ4n) is 1.88. The number of rotatable bonds is 1. The van der Waals surface area contributed by atoms with Crippen LogP contribution in [0.5, 0.6) is 0 Å². The number of hydrogen-bond acceptors (Lipinski definition) is 2. The molecule has 0 radical (unpaired) electrons. The lowest BCUT2D eigenvalue weighted by molar-refractivity contribution is -0.385. The molecule has 0 aliphatic heterocycles. The number of nitro benzene ring substituents is 1. The van der Waals surface area contributed by atoms with Crippen LogP contribution in [0.4, 0.5) is 14.5 Å². The van der Waals surface area contributed by atoms with E-state index in [1.54, 1.807) is 0 Å². The van der Waals surface area contributed by atoms with E-state index in [2.05, 4.69) is 0 Å². The first kappa shape index (κ1) is 10.0. The first-order chi connectivity index (χ1) is 6.92. The van der Waals surface area contributed by atoms with Crippen LogP contribution in [0, 0.1) is 10.1 Å². The largest absolute Gasteiger partial charge is 0.269 e. The second-order valence-electron chi connectivity index (χ2n) is 3.96. The van der Waals surface area contributed by atoms with E-state index in [-0.39, 0.29) is 17.7 Å². The number of fused-ring (bicyclic) bond motifs is 1. The molecule has 0 fully saturated rings. The zero-order valence-electron chi connectivity index (χ0n) is 8.04. The van der Waals surface area contributed by atoms with Crippen LogP contribution in [-0.4, -0.2) is 10.6 Å². The van der Waals surface area contributed by atoms with E-state index in [1.807, 2.05) is 0 Å². The van der Waals surface area contributed by atoms with Crippen molar-refractivity contribution in [3.63, 3.8) is 0 Å². The Balaban J connectivity index is 2.49. The second-order valence-corrected chi connectivity index (χ2v) is 3.96. The number of halogens is 2. The van der Waals surface area contributed by atoms with Crippen molar-refractivity contribution in [3.8, 4) is 0 Å². The van der Waals surface area contributed by atoms with Gasteiger partial charge >= 0.3 is 0 Å². The van der Waals surface area contributed by atoms with E-state index in [1.165, 1.54) is 19.1 Å². The molecular weight excluding hydrogens is 204 g/mol. The van der Waals surface area contributed by atoms with Gasteiger partial charge in [0.15, 0.2) is 6.17 Å². The molecule has 0 saturated carbocycles. The average molecular weight is 213 g/mol. The van der Waals surface area contributed by atoms with Crippen molar-refractivity contribution in [3.05, 3.63) is 39.4 Å². The van der Waals surface area contributed by atoms with Crippen LogP contribution in [0.25, 0.3) is 0 Å². The molecule has 1 aliphatic carbocycles. The first-order valence-corrected chi connectivity index (χ1v) is 4.52. The molecule has 0 saturated heterocycles. The van der Waals surface area contributed by atoms with E-state index in [0.29, 0.717) is 5.56 Å². The molecule has 0 unspecified atom stereocenters. The lowest BCUT2D eigenvalue weighted by Crippen LogP contribution is -2.20. The van der Waals surface area contributed by atoms with Gasteiger partial charge in [0, 0.05) is 18.6 Å². The molecule has 5 heteroatoms. The van der Waals surface area contributed by atoms with Gasteiger partial charge in [-0.1, -0.05) is 6.07 Å². The number of non-ortho nitro benzene ring substituents is 1. The van der Waals surface area contributed by atoms with E-state index < -0.39 is 16.8 Å². The Morgan fingerprint density at radius 3 is 2.87 bits per heavy atom. The Labute approximate surface area is 84.9 Å². The fourth-order valence-corrected chi connectivity index (χ4v) is 1.88. The molecule has 0 N–H and O–H groups in total. The maximum atomic E-state index is 13.6. The highest BCUT2D eigenvalue weighted by molar-refractivity contribution is 5.45. The predicted molar refractivity (Wildman–Crippen MR) is 50.2 cm³/mol. The van der Waals surface area contributed by atoms with Crippen LogP contribution in [0.3, 0.4) is 0 Å². The van der Waals surface area contributed by atoms with Crippen LogP contribution < -0.4 is 0 Å². The SMILES string of the molecule is C[C@]1(F)Cc2ccc([N+](=O)[O-])cc2[C@H]1F. The molecule has 0 amide bonds. The van der Waals surface area contributed by atoms with Gasteiger partial charge in [0.2, 0.25) is 0 Å². The smallest absolute Gasteiger partial charge is 0.258 e. The Morgan fingerprint density at radius 1 is 1.60 bits per heavy atom. The molecule has 1 aliphatic rings. The first-order valence-electron chi connectivity index (χ1n) is 4.52. The average Bonchev–Trinajstić information content (AvgIpc) is 2.37. The van der Waals surface area contributed by atoms with Crippen molar-refractivity contribution >= 4 is 5.69 Å². The van der Waals surface area contributed by atoms with Gasteiger partial charge in [0.25, 0.3) is 5.69 Å². The molecule has 3 nitrogen and oxygen atoms in total. The van der Waals surface area contributed by atoms with Gasteiger partial charge in [-0.15, -0.1) is 0 Å². The standard InChI is InChI=1S/C10H9F2NO2/c1-10(12)5-6-2-3-7(13(14)15)4-8(6)9(10)11/h2-4,9H,5H2,1H3/t9-,10+/m1/s1. The van der Waals surface area contributed by atoms with E-state index in [0.717, 1.165) is 6.07 Å². The summed E-state index contributed by atoms with van der Waals surface area (Å²) in [5.74, 6) is 0. The van der Waals surface area contributed by atoms with Crippen molar-refractivity contribution in [2.45, 2.75) is 25.2 Å². The third kappa shape index (κ3) is 1.48. The number of nitrogens with zero attached hydrogens (tertiary/aromatic N) is 1. The van der Waals surface area contributed by atoms with Gasteiger partial charge < -0.3 is 0 Å². The maximum absolute atomic E-state index is 13.6. The minimum atomic E-state index is -1.95. The molecule has 1 aromatic carbocycles. The number of nitro groups is 1. The van der Waals surface area contributed by atoms with Crippen molar-refractivity contribution < 1.29 is 13.7 Å². The fraction of sp³-hybridized carbons (Fsp3) is 0.400. The molecule has 80 valence electrons. The molecule has 1 aromatic rings. The molecule has 0 heterocycles. The third-order valence-corrected chi connectivity index (χ3v) is 2.68. The number of benzene rings is 1.